The van der Waals surface area contributed by atoms with Crippen LogP contribution in [0.25, 0.3) is 11.0 Å². The molecule has 1 heterocycles. The maximum absolute atomic E-state index is 12.0. The number of hydrogen-bond acceptors (Lipinski definition) is 6. The number of hydrogen-bond donors (Lipinski definition) is 0. The summed E-state index contributed by atoms with van der Waals surface area (Å²) in [6.07, 6.45) is 1.99. The van der Waals surface area contributed by atoms with E-state index in [0.29, 0.717) is 11.3 Å². The lowest BCUT2D eigenvalue weighted by Crippen LogP contribution is -2.13. The summed E-state index contributed by atoms with van der Waals surface area (Å²) in [6.45, 7) is 4.80. The Morgan fingerprint density at radius 2 is 2.00 bits per heavy atom. The Balaban J connectivity index is 2.58. The lowest BCUT2D eigenvalue weighted by Gasteiger charge is -2.06. The number of nitrogens with zero attached hydrogens (tertiary/aromatic N) is 1. The highest BCUT2D eigenvalue weighted by molar-refractivity contribution is 7.98. The van der Waals surface area contributed by atoms with E-state index >= 15 is 0 Å². The Labute approximate surface area is 126 Å². The van der Waals surface area contributed by atoms with Gasteiger partial charge >= 0.3 is 11.6 Å². The van der Waals surface area contributed by atoms with Gasteiger partial charge in [0.15, 0.2) is 0 Å². The normalized spacial score (nSPS) is 11.7. The average molecular weight is 305 g/mol. The first-order chi connectivity index (χ1) is 9.92. The summed E-state index contributed by atoms with van der Waals surface area (Å²) in [5.41, 5.74) is 1.65. The molecule has 0 saturated heterocycles. The second kappa shape index (κ2) is 6.13. The van der Waals surface area contributed by atoms with Crippen molar-refractivity contribution in [3.05, 3.63) is 39.7 Å². The quantitative estimate of drug-likeness (QED) is 0.286. The molecule has 1 aromatic carbocycles. The highest BCUT2D eigenvalue weighted by atomic mass is 32.2. The van der Waals surface area contributed by atoms with Crippen LogP contribution in [-0.2, 0) is 9.63 Å². The molecule has 2 rings (SSSR count). The van der Waals surface area contributed by atoms with E-state index in [-0.39, 0.29) is 5.56 Å². The molecule has 0 saturated carbocycles. The lowest BCUT2D eigenvalue weighted by atomic mass is 10.1. The molecule has 0 spiro atoms. The van der Waals surface area contributed by atoms with Crippen LogP contribution in [0.2, 0.25) is 0 Å². The second-order valence-electron chi connectivity index (χ2n) is 4.57. The summed E-state index contributed by atoms with van der Waals surface area (Å²) in [7, 11) is 0. The third-order valence-corrected chi connectivity index (χ3v) is 3.83. The minimum absolute atomic E-state index is 0.277. The number of benzene rings is 1. The van der Waals surface area contributed by atoms with Crippen LogP contribution in [0, 0.1) is 6.92 Å². The Bertz CT molecular complexity index is 792. The zero-order valence-corrected chi connectivity index (χ0v) is 13.0. The van der Waals surface area contributed by atoms with E-state index in [9.17, 15) is 9.59 Å². The predicted molar refractivity (Wildman–Crippen MR) is 83.0 cm³/mol. The molecule has 0 fully saturated rings. The molecule has 0 unspecified atom stereocenters. The summed E-state index contributed by atoms with van der Waals surface area (Å²) >= 11 is 1.62. The molecule has 5 nitrogen and oxygen atoms in total. The maximum atomic E-state index is 12.0. The molecule has 0 bridgehead atoms. The van der Waals surface area contributed by atoms with E-state index in [1.165, 1.54) is 6.92 Å². The van der Waals surface area contributed by atoms with E-state index in [1.807, 2.05) is 25.3 Å². The van der Waals surface area contributed by atoms with Crippen LogP contribution < -0.4 is 5.63 Å². The van der Waals surface area contributed by atoms with Crippen molar-refractivity contribution >= 4 is 34.4 Å². The van der Waals surface area contributed by atoms with Crippen molar-refractivity contribution < 1.29 is 14.0 Å². The van der Waals surface area contributed by atoms with Gasteiger partial charge in [0.25, 0.3) is 0 Å². The Hall–Kier alpha value is -2.08. The molecule has 110 valence electrons. The van der Waals surface area contributed by atoms with Crippen molar-refractivity contribution in [2.75, 3.05) is 6.26 Å². The molecule has 0 amide bonds. The van der Waals surface area contributed by atoms with Crippen LogP contribution in [0.15, 0.2) is 37.5 Å². The molecule has 6 heteroatoms. The maximum Gasteiger partial charge on any atom is 0.345 e. The molecule has 0 N–H and O–H groups in total. The van der Waals surface area contributed by atoms with Crippen LogP contribution in [-0.4, -0.2) is 17.9 Å². The number of carbonyl (C=O) groups excluding carboxylic acids is 1. The van der Waals surface area contributed by atoms with Gasteiger partial charge in [-0.05, 0) is 43.9 Å². The zero-order valence-electron chi connectivity index (χ0n) is 12.2. The van der Waals surface area contributed by atoms with Crippen molar-refractivity contribution in [1.29, 1.82) is 0 Å². The summed E-state index contributed by atoms with van der Waals surface area (Å²) in [6, 6.07) is 5.49. The first kappa shape index (κ1) is 15.3. The number of oxime groups is 1. The third-order valence-electron chi connectivity index (χ3n) is 2.95. The Kier molecular flexibility index (Phi) is 4.47. The molecule has 0 aliphatic carbocycles. The number of thioether (sulfide) groups is 1. The largest absolute Gasteiger partial charge is 0.422 e. The molecule has 0 atom stereocenters. The summed E-state index contributed by atoms with van der Waals surface area (Å²) in [5, 5.41) is 4.43. The van der Waals surface area contributed by atoms with Gasteiger partial charge in [0.1, 0.15) is 5.58 Å². The summed E-state index contributed by atoms with van der Waals surface area (Å²) in [5.74, 6) is -0.542. The van der Waals surface area contributed by atoms with Crippen LogP contribution in [0.5, 0.6) is 0 Å². The van der Waals surface area contributed by atoms with E-state index in [0.717, 1.165) is 15.8 Å². The average Bonchev–Trinajstić information content (AvgIpc) is 2.43. The van der Waals surface area contributed by atoms with Gasteiger partial charge in [-0.15, -0.1) is 11.8 Å². The molecule has 1 aromatic heterocycles. The lowest BCUT2D eigenvalue weighted by molar-refractivity contribution is -0.140. The number of carbonyl (C=O) groups is 1. The topological polar surface area (TPSA) is 68.9 Å². The van der Waals surface area contributed by atoms with Gasteiger partial charge in [-0.1, -0.05) is 5.16 Å². The fourth-order valence-corrected chi connectivity index (χ4v) is 2.53. The number of fused-ring (bicyclic) bond motifs is 1. The zero-order chi connectivity index (χ0) is 15.6. The van der Waals surface area contributed by atoms with Gasteiger partial charge in [0, 0.05) is 17.2 Å². The van der Waals surface area contributed by atoms with E-state index < -0.39 is 11.6 Å². The van der Waals surface area contributed by atoms with Crippen LogP contribution in [0.1, 0.15) is 25.0 Å². The summed E-state index contributed by atoms with van der Waals surface area (Å²) in [4.78, 5) is 28.4. The van der Waals surface area contributed by atoms with Crippen molar-refractivity contribution in [2.24, 2.45) is 5.16 Å². The number of aryl methyl sites for hydroxylation is 1. The van der Waals surface area contributed by atoms with Crippen molar-refractivity contribution in [3.8, 4) is 0 Å². The fraction of sp³-hybridized carbons (Fsp3) is 0.267. The standard InChI is InChI=1S/C15H15NO4S/c1-8-5-13-11(7-14(8)21-4)6-12(15(18)19-13)9(2)16-20-10(3)17/h5-7H,1-4H3. The van der Waals surface area contributed by atoms with Crippen molar-refractivity contribution in [3.63, 3.8) is 0 Å². The highest BCUT2D eigenvalue weighted by Crippen LogP contribution is 2.26. The molecule has 0 radical (unpaired) electrons. The highest BCUT2D eigenvalue weighted by Gasteiger charge is 2.11. The molecule has 0 aliphatic rings. The minimum Gasteiger partial charge on any atom is -0.422 e. The van der Waals surface area contributed by atoms with Gasteiger partial charge < -0.3 is 9.25 Å². The molecule has 21 heavy (non-hydrogen) atoms. The SMILES string of the molecule is CSc1cc2cc(C(C)=NOC(C)=O)c(=O)oc2cc1C. The van der Waals surface area contributed by atoms with E-state index in [4.69, 9.17) is 4.42 Å². The smallest absolute Gasteiger partial charge is 0.345 e. The third kappa shape index (κ3) is 3.33. The molecule has 0 aliphatic heterocycles. The van der Waals surface area contributed by atoms with E-state index in [2.05, 4.69) is 9.99 Å². The van der Waals surface area contributed by atoms with Gasteiger partial charge in [-0.25, -0.2) is 9.59 Å². The summed E-state index contributed by atoms with van der Waals surface area (Å²) < 4.78 is 5.31. The monoisotopic (exact) mass is 305 g/mol. The van der Waals surface area contributed by atoms with Crippen LogP contribution >= 0.6 is 11.8 Å². The minimum atomic E-state index is -0.542. The molecular weight excluding hydrogens is 290 g/mol. The first-order valence-corrected chi connectivity index (χ1v) is 7.50. The predicted octanol–water partition coefficient (Wildman–Crippen LogP) is 3.11. The fourth-order valence-electron chi connectivity index (χ4n) is 1.90. The van der Waals surface area contributed by atoms with Gasteiger partial charge in [0.05, 0.1) is 11.3 Å². The van der Waals surface area contributed by atoms with Crippen LogP contribution in [0.4, 0.5) is 0 Å². The van der Waals surface area contributed by atoms with Gasteiger partial charge in [0.2, 0.25) is 0 Å². The molecule has 2 aromatic rings. The van der Waals surface area contributed by atoms with Crippen LogP contribution in [0.3, 0.4) is 0 Å². The van der Waals surface area contributed by atoms with Gasteiger partial charge in [-0.2, -0.15) is 0 Å². The number of rotatable bonds is 3. The second-order valence-corrected chi connectivity index (χ2v) is 5.41. The Morgan fingerprint density at radius 3 is 2.62 bits per heavy atom. The van der Waals surface area contributed by atoms with Crippen molar-refractivity contribution in [2.45, 2.75) is 25.7 Å². The first-order valence-electron chi connectivity index (χ1n) is 6.27. The Morgan fingerprint density at radius 1 is 1.29 bits per heavy atom. The van der Waals surface area contributed by atoms with Gasteiger partial charge in [-0.3, -0.25) is 0 Å². The van der Waals surface area contributed by atoms with E-state index in [1.54, 1.807) is 24.8 Å². The van der Waals surface area contributed by atoms with Crippen molar-refractivity contribution in [1.82, 2.24) is 0 Å². The molecular formula is C15H15NO4S.